The largest absolute Gasteiger partial charge is 0.198 e. The average molecular weight is 139 g/mol. The van der Waals surface area contributed by atoms with Crippen LogP contribution in [0.5, 0.6) is 0 Å². The highest BCUT2D eigenvalue weighted by Gasteiger charge is 2.26. The van der Waals surface area contributed by atoms with Crippen LogP contribution in [0.2, 0.25) is 0 Å². The summed E-state index contributed by atoms with van der Waals surface area (Å²) in [5, 5.41) is 8.84. The van der Waals surface area contributed by atoms with Gasteiger partial charge in [0.25, 0.3) is 0 Å². The van der Waals surface area contributed by atoms with Crippen molar-refractivity contribution in [3.05, 3.63) is 0 Å². The van der Waals surface area contributed by atoms with Gasteiger partial charge < -0.3 is 0 Å². The molecule has 0 spiro atoms. The van der Waals surface area contributed by atoms with Crippen LogP contribution in [-0.4, -0.2) is 0 Å². The second kappa shape index (κ2) is 3.61. The fraction of sp³-hybridized carbons (Fsp3) is 0.889. The summed E-state index contributed by atoms with van der Waals surface area (Å²) in [5.41, 5.74) is -0.102. The summed E-state index contributed by atoms with van der Waals surface area (Å²) < 4.78 is 0. The zero-order valence-electron chi connectivity index (χ0n) is 7.44. The molecule has 0 N–H and O–H groups in total. The van der Waals surface area contributed by atoms with E-state index in [-0.39, 0.29) is 5.41 Å². The van der Waals surface area contributed by atoms with Crippen molar-refractivity contribution < 1.29 is 0 Å². The molecule has 0 fully saturated rings. The number of nitrogens with zero attached hydrogens (tertiary/aromatic N) is 1. The van der Waals surface area contributed by atoms with E-state index in [0.717, 1.165) is 12.8 Å². The first kappa shape index (κ1) is 9.49. The molecular weight excluding hydrogens is 122 g/mol. The van der Waals surface area contributed by atoms with Gasteiger partial charge in [-0.25, -0.2) is 0 Å². The van der Waals surface area contributed by atoms with Crippen LogP contribution < -0.4 is 0 Å². The second-order valence-electron chi connectivity index (χ2n) is 3.43. The lowest BCUT2D eigenvalue weighted by Gasteiger charge is -2.24. The molecule has 0 radical (unpaired) electrons. The van der Waals surface area contributed by atoms with Crippen LogP contribution in [0.25, 0.3) is 0 Å². The molecule has 0 rings (SSSR count). The Morgan fingerprint density at radius 1 is 1.50 bits per heavy atom. The molecule has 1 nitrogen and oxygen atoms in total. The SMILES string of the molecule is CCCC(C)(C#N)C(C)C. The smallest absolute Gasteiger partial charge is 0.0689 e. The van der Waals surface area contributed by atoms with E-state index >= 15 is 0 Å². The van der Waals surface area contributed by atoms with Crippen molar-refractivity contribution in [3.8, 4) is 6.07 Å². The van der Waals surface area contributed by atoms with Crippen LogP contribution in [0.1, 0.15) is 40.5 Å². The number of hydrogen-bond acceptors (Lipinski definition) is 1. The third-order valence-corrected chi connectivity index (χ3v) is 2.30. The molecule has 0 aromatic rings. The normalized spacial score (nSPS) is 16.4. The van der Waals surface area contributed by atoms with Gasteiger partial charge in [-0.15, -0.1) is 0 Å². The Kier molecular flexibility index (Phi) is 3.42. The fourth-order valence-corrected chi connectivity index (χ4v) is 0.993. The first-order chi connectivity index (χ1) is 4.56. The van der Waals surface area contributed by atoms with Crippen LogP contribution in [0.3, 0.4) is 0 Å². The average Bonchev–Trinajstić information content (AvgIpc) is 1.88. The van der Waals surface area contributed by atoms with E-state index in [0.29, 0.717) is 5.92 Å². The van der Waals surface area contributed by atoms with Crippen molar-refractivity contribution in [1.29, 1.82) is 5.26 Å². The molecule has 0 aliphatic rings. The maximum absolute atomic E-state index is 8.84. The predicted octanol–water partition coefficient (Wildman–Crippen LogP) is 2.97. The lowest BCUT2D eigenvalue weighted by Crippen LogP contribution is -2.20. The van der Waals surface area contributed by atoms with E-state index in [1.54, 1.807) is 0 Å². The molecule has 0 heterocycles. The molecule has 1 atom stereocenters. The molecule has 0 aromatic carbocycles. The van der Waals surface area contributed by atoms with E-state index in [1.165, 1.54) is 0 Å². The Labute approximate surface area is 64.1 Å². The standard InChI is InChI=1S/C9H17N/c1-5-6-9(4,7-10)8(2)3/h8H,5-6H2,1-4H3. The monoisotopic (exact) mass is 139 g/mol. The van der Waals surface area contributed by atoms with Gasteiger partial charge in [0, 0.05) is 0 Å². The summed E-state index contributed by atoms with van der Waals surface area (Å²) in [6.45, 7) is 8.39. The Morgan fingerprint density at radius 3 is 2.10 bits per heavy atom. The van der Waals surface area contributed by atoms with Gasteiger partial charge in [0.1, 0.15) is 0 Å². The quantitative estimate of drug-likeness (QED) is 0.589. The van der Waals surface area contributed by atoms with Crippen molar-refractivity contribution >= 4 is 0 Å². The van der Waals surface area contributed by atoms with Crippen LogP contribution >= 0.6 is 0 Å². The highest BCUT2D eigenvalue weighted by molar-refractivity contribution is 4.96. The van der Waals surface area contributed by atoms with Crippen molar-refractivity contribution in [2.75, 3.05) is 0 Å². The molecular formula is C9H17N. The van der Waals surface area contributed by atoms with Gasteiger partial charge in [0.15, 0.2) is 0 Å². The van der Waals surface area contributed by atoms with Gasteiger partial charge >= 0.3 is 0 Å². The lowest BCUT2D eigenvalue weighted by atomic mass is 9.77. The third-order valence-electron chi connectivity index (χ3n) is 2.30. The minimum Gasteiger partial charge on any atom is -0.198 e. The Bertz CT molecular complexity index is 132. The third kappa shape index (κ3) is 2.02. The number of nitriles is 1. The Morgan fingerprint density at radius 2 is 2.00 bits per heavy atom. The first-order valence-corrected chi connectivity index (χ1v) is 3.98. The Hall–Kier alpha value is -0.510. The summed E-state index contributed by atoms with van der Waals surface area (Å²) in [6.07, 6.45) is 2.11. The number of hydrogen-bond donors (Lipinski definition) is 0. The predicted molar refractivity (Wildman–Crippen MR) is 43.5 cm³/mol. The van der Waals surface area contributed by atoms with Crippen LogP contribution in [0.4, 0.5) is 0 Å². The van der Waals surface area contributed by atoms with Crippen molar-refractivity contribution in [3.63, 3.8) is 0 Å². The number of rotatable bonds is 3. The Balaban J connectivity index is 4.12. The highest BCUT2D eigenvalue weighted by atomic mass is 14.4. The molecule has 58 valence electrons. The topological polar surface area (TPSA) is 23.8 Å². The van der Waals surface area contributed by atoms with E-state index in [9.17, 15) is 0 Å². The second-order valence-corrected chi connectivity index (χ2v) is 3.43. The maximum atomic E-state index is 8.84. The summed E-state index contributed by atoms with van der Waals surface area (Å²) in [7, 11) is 0. The lowest BCUT2D eigenvalue weighted by molar-refractivity contribution is 0.284. The van der Waals surface area contributed by atoms with E-state index in [1.807, 2.05) is 6.92 Å². The summed E-state index contributed by atoms with van der Waals surface area (Å²) in [5.74, 6) is 0.470. The molecule has 0 aliphatic heterocycles. The van der Waals surface area contributed by atoms with Gasteiger partial charge in [0.2, 0.25) is 0 Å². The highest BCUT2D eigenvalue weighted by Crippen LogP contribution is 2.30. The zero-order valence-corrected chi connectivity index (χ0v) is 7.44. The fourth-order valence-electron chi connectivity index (χ4n) is 0.993. The van der Waals surface area contributed by atoms with Gasteiger partial charge in [-0.05, 0) is 19.3 Å². The molecule has 0 aromatic heterocycles. The van der Waals surface area contributed by atoms with Gasteiger partial charge in [-0.1, -0.05) is 27.2 Å². The van der Waals surface area contributed by atoms with Crippen LogP contribution in [0, 0.1) is 22.7 Å². The van der Waals surface area contributed by atoms with E-state index in [4.69, 9.17) is 5.26 Å². The minimum absolute atomic E-state index is 0.102. The van der Waals surface area contributed by atoms with Crippen molar-refractivity contribution in [2.45, 2.75) is 40.5 Å². The molecule has 10 heavy (non-hydrogen) atoms. The minimum atomic E-state index is -0.102. The van der Waals surface area contributed by atoms with Crippen LogP contribution in [0.15, 0.2) is 0 Å². The molecule has 0 saturated carbocycles. The summed E-state index contributed by atoms with van der Waals surface area (Å²) >= 11 is 0. The van der Waals surface area contributed by atoms with Gasteiger partial charge in [-0.2, -0.15) is 5.26 Å². The van der Waals surface area contributed by atoms with Crippen molar-refractivity contribution in [1.82, 2.24) is 0 Å². The summed E-state index contributed by atoms with van der Waals surface area (Å²) in [6, 6.07) is 2.38. The molecule has 0 saturated heterocycles. The summed E-state index contributed by atoms with van der Waals surface area (Å²) in [4.78, 5) is 0. The van der Waals surface area contributed by atoms with E-state index < -0.39 is 0 Å². The molecule has 1 unspecified atom stereocenters. The molecule has 1 heteroatoms. The van der Waals surface area contributed by atoms with Crippen molar-refractivity contribution in [2.24, 2.45) is 11.3 Å². The molecule has 0 amide bonds. The van der Waals surface area contributed by atoms with Crippen LogP contribution in [-0.2, 0) is 0 Å². The maximum Gasteiger partial charge on any atom is 0.0689 e. The van der Waals surface area contributed by atoms with Gasteiger partial charge in [-0.3, -0.25) is 0 Å². The van der Waals surface area contributed by atoms with E-state index in [2.05, 4.69) is 26.8 Å². The zero-order chi connectivity index (χ0) is 8.20. The molecule has 0 bridgehead atoms. The van der Waals surface area contributed by atoms with Gasteiger partial charge in [0.05, 0.1) is 11.5 Å². The first-order valence-electron chi connectivity index (χ1n) is 3.98. The molecule has 0 aliphatic carbocycles.